The third kappa shape index (κ3) is 2.06. The Labute approximate surface area is 105 Å². The minimum absolute atomic E-state index is 0.0381. The van der Waals surface area contributed by atoms with Crippen molar-refractivity contribution in [3.63, 3.8) is 0 Å². The Morgan fingerprint density at radius 3 is 2.72 bits per heavy atom. The highest BCUT2D eigenvalue weighted by molar-refractivity contribution is 6.08. The molecule has 1 saturated heterocycles. The molecule has 1 heterocycles. The van der Waals surface area contributed by atoms with Gasteiger partial charge in [-0.05, 0) is 12.1 Å². The average molecular weight is 247 g/mol. The van der Waals surface area contributed by atoms with Crippen molar-refractivity contribution in [2.75, 3.05) is 6.54 Å². The van der Waals surface area contributed by atoms with E-state index < -0.39 is 17.5 Å². The first-order chi connectivity index (χ1) is 8.58. The molecule has 0 radical (unpaired) electrons. The Morgan fingerprint density at radius 1 is 1.44 bits per heavy atom. The van der Waals surface area contributed by atoms with Gasteiger partial charge >= 0.3 is 0 Å². The summed E-state index contributed by atoms with van der Waals surface area (Å²) in [6.07, 6.45) is 1.36. The van der Waals surface area contributed by atoms with E-state index in [9.17, 15) is 14.0 Å². The predicted molar refractivity (Wildman–Crippen MR) is 65.8 cm³/mol. The van der Waals surface area contributed by atoms with Crippen LogP contribution in [0.3, 0.4) is 0 Å². The van der Waals surface area contributed by atoms with Crippen molar-refractivity contribution in [3.05, 3.63) is 48.6 Å². The molecule has 0 N–H and O–H groups in total. The molecule has 0 aromatic heterocycles. The number of imide groups is 1. The van der Waals surface area contributed by atoms with Crippen LogP contribution in [0.4, 0.5) is 4.39 Å². The van der Waals surface area contributed by atoms with Gasteiger partial charge in [0.25, 0.3) is 11.8 Å². The molecule has 2 amide bonds. The summed E-state index contributed by atoms with van der Waals surface area (Å²) in [6, 6.07) is 8.42. The summed E-state index contributed by atoms with van der Waals surface area (Å²) in [7, 11) is 0. The number of alkyl halides is 1. The number of hydrogen-bond donors (Lipinski definition) is 0. The highest BCUT2D eigenvalue weighted by atomic mass is 19.1. The van der Waals surface area contributed by atoms with Gasteiger partial charge < -0.3 is 0 Å². The molecular weight excluding hydrogens is 233 g/mol. The van der Waals surface area contributed by atoms with Crippen LogP contribution in [0.2, 0.25) is 0 Å². The average Bonchev–Trinajstić information content (AvgIpc) is 2.67. The number of likely N-dealkylation sites (tertiary alicyclic amines) is 1. The van der Waals surface area contributed by atoms with Crippen LogP contribution in [0.1, 0.15) is 23.2 Å². The van der Waals surface area contributed by atoms with Crippen LogP contribution in [0.5, 0.6) is 0 Å². The van der Waals surface area contributed by atoms with Crippen LogP contribution < -0.4 is 0 Å². The van der Waals surface area contributed by atoms with Crippen molar-refractivity contribution in [2.45, 2.75) is 18.5 Å². The zero-order valence-electron chi connectivity index (χ0n) is 9.93. The number of halogens is 1. The summed E-state index contributed by atoms with van der Waals surface area (Å²) in [5, 5.41) is 0. The fraction of sp³-hybridized carbons (Fsp3) is 0.286. The Kier molecular flexibility index (Phi) is 3.28. The smallest absolute Gasteiger partial charge is 0.267 e. The topological polar surface area (TPSA) is 37.4 Å². The van der Waals surface area contributed by atoms with Gasteiger partial charge in [0.1, 0.15) is 0 Å². The zero-order valence-corrected chi connectivity index (χ0v) is 9.93. The van der Waals surface area contributed by atoms with E-state index in [1.807, 2.05) is 0 Å². The Hall–Kier alpha value is -1.97. The number of benzene rings is 1. The highest BCUT2D eigenvalue weighted by Crippen LogP contribution is 2.31. The molecule has 0 aliphatic carbocycles. The number of hydrogen-bond acceptors (Lipinski definition) is 2. The maximum Gasteiger partial charge on any atom is 0.267 e. The second-order valence-corrected chi connectivity index (χ2v) is 4.34. The van der Waals surface area contributed by atoms with Gasteiger partial charge in [-0.25, -0.2) is 4.39 Å². The molecule has 3 nitrogen and oxygen atoms in total. The van der Waals surface area contributed by atoms with E-state index in [2.05, 4.69) is 6.58 Å². The summed E-state index contributed by atoms with van der Waals surface area (Å²) in [5.41, 5.74) is -1.57. The SMILES string of the molecule is C=CCC1(F)CCN(C(=O)c2ccccc2)C1=O. The van der Waals surface area contributed by atoms with E-state index in [0.717, 1.165) is 4.90 Å². The summed E-state index contributed by atoms with van der Waals surface area (Å²) in [6.45, 7) is 3.56. The molecule has 18 heavy (non-hydrogen) atoms. The van der Waals surface area contributed by atoms with Crippen molar-refractivity contribution >= 4 is 11.8 Å². The van der Waals surface area contributed by atoms with Crippen LogP contribution >= 0.6 is 0 Å². The van der Waals surface area contributed by atoms with Gasteiger partial charge in [-0.1, -0.05) is 24.3 Å². The molecule has 2 rings (SSSR count). The van der Waals surface area contributed by atoms with Gasteiger partial charge in [-0.15, -0.1) is 6.58 Å². The Balaban J connectivity index is 2.20. The summed E-state index contributed by atoms with van der Waals surface area (Å²) < 4.78 is 14.2. The zero-order chi connectivity index (χ0) is 13.2. The fourth-order valence-electron chi connectivity index (χ4n) is 2.09. The van der Waals surface area contributed by atoms with Gasteiger partial charge in [0.15, 0.2) is 5.67 Å². The van der Waals surface area contributed by atoms with Crippen molar-refractivity contribution in [3.8, 4) is 0 Å². The molecule has 1 aromatic rings. The van der Waals surface area contributed by atoms with Crippen LogP contribution in [0.15, 0.2) is 43.0 Å². The third-order valence-corrected chi connectivity index (χ3v) is 3.09. The number of rotatable bonds is 3. The quantitative estimate of drug-likeness (QED) is 0.607. The van der Waals surface area contributed by atoms with Crippen LogP contribution in [-0.4, -0.2) is 28.9 Å². The van der Waals surface area contributed by atoms with Gasteiger partial charge in [0.2, 0.25) is 0 Å². The molecule has 4 heteroatoms. The predicted octanol–water partition coefficient (Wildman–Crippen LogP) is 2.34. The molecule has 1 fully saturated rings. The van der Waals surface area contributed by atoms with Crippen molar-refractivity contribution in [1.82, 2.24) is 4.90 Å². The Morgan fingerprint density at radius 2 is 2.11 bits per heavy atom. The lowest BCUT2D eigenvalue weighted by molar-refractivity contribution is -0.135. The van der Waals surface area contributed by atoms with E-state index in [0.29, 0.717) is 5.56 Å². The number of allylic oxidation sites excluding steroid dienone is 1. The third-order valence-electron chi connectivity index (χ3n) is 3.09. The standard InChI is InChI=1S/C14H14FNO2/c1-2-8-14(15)9-10-16(13(14)18)12(17)11-6-4-3-5-7-11/h2-7H,1,8-10H2. The lowest BCUT2D eigenvalue weighted by Crippen LogP contribution is -2.39. The summed E-state index contributed by atoms with van der Waals surface area (Å²) in [4.78, 5) is 25.0. The van der Waals surface area contributed by atoms with E-state index in [-0.39, 0.29) is 19.4 Å². The van der Waals surface area contributed by atoms with E-state index in [1.54, 1.807) is 30.3 Å². The maximum absolute atomic E-state index is 14.2. The highest BCUT2D eigenvalue weighted by Gasteiger charge is 2.48. The lowest BCUT2D eigenvalue weighted by atomic mass is 10.0. The monoisotopic (exact) mass is 247 g/mol. The van der Waals surface area contributed by atoms with Gasteiger partial charge in [0.05, 0.1) is 0 Å². The van der Waals surface area contributed by atoms with Crippen LogP contribution in [0.25, 0.3) is 0 Å². The van der Waals surface area contributed by atoms with Gasteiger partial charge in [-0.2, -0.15) is 0 Å². The lowest BCUT2D eigenvalue weighted by Gasteiger charge is -2.17. The molecule has 94 valence electrons. The number of amides is 2. The van der Waals surface area contributed by atoms with E-state index >= 15 is 0 Å². The summed E-state index contributed by atoms with van der Waals surface area (Å²) in [5.74, 6) is -1.19. The number of carbonyl (C=O) groups is 2. The Bertz CT molecular complexity index is 486. The van der Waals surface area contributed by atoms with Gasteiger partial charge in [-0.3, -0.25) is 14.5 Å². The molecule has 0 bridgehead atoms. The molecule has 0 saturated carbocycles. The fourth-order valence-corrected chi connectivity index (χ4v) is 2.09. The molecule has 1 aliphatic rings. The van der Waals surface area contributed by atoms with Crippen LogP contribution in [-0.2, 0) is 4.79 Å². The second kappa shape index (κ2) is 4.72. The van der Waals surface area contributed by atoms with Crippen molar-refractivity contribution in [2.24, 2.45) is 0 Å². The molecule has 1 atom stereocenters. The molecular formula is C14H14FNO2. The first-order valence-electron chi connectivity index (χ1n) is 5.79. The van der Waals surface area contributed by atoms with Crippen molar-refractivity contribution in [1.29, 1.82) is 0 Å². The largest absolute Gasteiger partial charge is 0.276 e. The first kappa shape index (κ1) is 12.5. The van der Waals surface area contributed by atoms with Gasteiger partial charge in [0, 0.05) is 24.9 Å². The number of nitrogens with zero attached hydrogens (tertiary/aromatic N) is 1. The molecule has 1 unspecified atom stereocenters. The first-order valence-corrected chi connectivity index (χ1v) is 5.79. The van der Waals surface area contributed by atoms with Crippen molar-refractivity contribution < 1.29 is 14.0 Å². The summed E-state index contributed by atoms with van der Waals surface area (Å²) >= 11 is 0. The molecule has 1 aromatic carbocycles. The molecule has 0 spiro atoms. The normalized spacial score (nSPS) is 23.2. The minimum atomic E-state index is -1.97. The molecule has 1 aliphatic heterocycles. The minimum Gasteiger partial charge on any atom is -0.276 e. The maximum atomic E-state index is 14.2. The number of carbonyl (C=O) groups excluding carboxylic acids is 2. The van der Waals surface area contributed by atoms with Crippen LogP contribution in [0, 0.1) is 0 Å². The van der Waals surface area contributed by atoms with E-state index in [1.165, 1.54) is 6.08 Å². The second-order valence-electron chi connectivity index (χ2n) is 4.34. The van der Waals surface area contributed by atoms with E-state index in [4.69, 9.17) is 0 Å².